The number of anilines is 1. The number of fused-ring (bicyclic) bond motifs is 1. The molecule has 31 heavy (non-hydrogen) atoms. The summed E-state index contributed by atoms with van der Waals surface area (Å²) in [6.45, 7) is 0.694. The standard InChI is InChI=1S/C20H20ClF2N3O3S2/c1-25(2)8-9-26(20-24-19-16(23)11-14(22)12-17(19)30-20)18(27)7-10-31(28,29)15-5-3-13(21)4-6-15/h3-6,11-12H,7-10H2,1-2H3. The molecule has 0 aliphatic rings. The molecule has 0 radical (unpaired) electrons. The predicted molar refractivity (Wildman–Crippen MR) is 119 cm³/mol. The molecule has 1 aromatic heterocycles. The highest BCUT2D eigenvalue weighted by Crippen LogP contribution is 2.31. The number of thiazole rings is 1. The molecule has 0 aliphatic heterocycles. The summed E-state index contributed by atoms with van der Waals surface area (Å²) < 4.78 is 53.0. The molecule has 3 aromatic rings. The number of carbonyl (C=O) groups excluding carboxylic acids is 1. The van der Waals surface area contributed by atoms with Gasteiger partial charge in [0.2, 0.25) is 5.91 Å². The minimum Gasteiger partial charge on any atom is -0.308 e. The summed E-state index contributed by atoms with van der Waals surface area (Å²) in [5, 5.41) is 0.597. The summed E-state index contributed by atoms with van der Waals surface area (Å²) in [5.41, 5.74) is -0.0298. The van der Waals surface area contributed by atoms with Crippen molar-refractivity contribution in [3.05, 3.63) is 53.1 Å². The molecule has 0 atom stereocenters. The van der Waals surface area contributed by atoms with E-state index in [1.807, 2.05) is 19.0 Å². The van der Waals surface area contributed by atoms with Gasteiger partial charge in [0.05, 0.1) is 15.3 Å². The molecule has 0 bridgehead atoms. The first-order valence-corrected chi connectivity index (χ1v) is 12.1. The number of aromatic nitrogens is 1. The van der Waals surface area contributed by atoms with E-state index in [1.54, 1.807) is 0 Å². The SMILES string of the molecule is CN(C)CCN(C(=O)CCS(=O)(=O)c1ccc(Cl)cc1)c1nc2c(F)cc(F)cc2s1. The van der Waals surface area contributed by atoms with Gasteiger partial charge in [-0.2, -0.15) is 0 Å². The second-order valence-corrected chi connectivity index (χ2v) is 10.7. The Kier molecular flexibility index (Phi) is 7.25. The zero-order chi connectivity index (χ0) is 22.8. The Morgan fingerprint density at radius 1 is 1.13 bits per heavy atom. The van der Waals surface area contributed by atoms with Gasteiger partial charge in [-0.1, -0.05) is 22.9 Å². The van der Waals surface area contributed by atoms with Gasteiger partial charge in [0, 0.05) is 30.6 Å². The van der Waals surface area contributed by atoms with E-state index < -0.39 is 33.1 Å². The molecule has 11 heteroatoms. The quantitative estimate of drug-likeness (QED) is 0.480. The molecule has 0 aliphatic carbocycles. The lowest BCUT2D eigenvalue weighted by Crippen LogP contribution is -2.37. The summed E-state index contributed by atoms with van der Waals surface area (Å²) >= 11 is 6.77. The molecule has 1 amide bonds. The van der Waals surface area contributed by atoms with Crippen LogP contribution in [0.3, 0.4) is 0 Å². The first-order chi connectivity index (χ1) is 14.6. The van der Waals surface area contributed by atoms with Crippen molar-refractivity contribution in [2.75, 3.05) is 37.8 Å². The Morgan fingerprint density at radius 3 is 2.45 bits per heavy atom. The molecule has 1 heterocycles. The third-order valence-electron chi connectivity index (χ3n) is 4.46. The van der Waals surface area contributed by atoms with Gasteiger partial charge >= 0.3 is 0 Å². The van der Waals surface area contributed by atoms with Crippen molar-refractivity contribution in [1.82, 2.24) is 9.88 Å². The number of hydrogen-bond acceptors (Lipinski definition) is 6. The first-order valence-electron chi connectivity index (χ1n) is 9.26. The maximum atomic E-state index is 14.1. The number of rotatable bonds is 8. The smallest absolute Gasteiger partial charge is 0.229 e. The van der Waals surface area contributed by atoms with Crippen LogP contribution in [0.5, 0.6) is 0 Å². The third kappa shape index (κ3) is 5.76. The van der Waals surface area contributed by atoms with E-state index in [9.17, 15) is 22.0 Å². The number of nitrogens with zero attached hydrogens (tertiary/aromatic N) is 3. The van der Waals surface area contributed by atoms with E-state index in [1.165, 1.54) is 29.2 Å². The van der Waals surface area contributed by atoms with Crippen LogP contribution in [0.15, 0.2) is 41.3 Å². The Morgan fingerprint density at radius 2 is 1.81 bits per heavy atom. The van der Waals surface area contributed by atoms with Crippen LogP contribution in [0.4, 0.5) is 13.9 Å². The molecule has 0 N–H and O–H groups in total. The average molecular weight is 488 g/mol. The minimum absolute atomic E-state index is 0.0298. The van der Waals surface area contributed by atoms with Gasteiger partial charge in [0.1, 0.15) is 11.3 Å². The van der Waals surface area contributed by atoms with E-state index in [-0.39, 0.29) is 33.2 Å². The molecule has 3 rings (SSSR count). The van der Waals surface area contributed by atoms with Crippen LogP contribution >= 0.6 is 22.9 Å². The van der Waals surface area contributed by atoms with Gasteiger partial charge in [0.15, 0.2) is 20.8 Å². The number of carbonyl (C=O) groups is 1. The van der Waals surface area contributed by atoms with Crippen molar-refractivity contribution >= 4 is 54.0 Å². The molecule has 0 saturated carbocycles. The van der Waals surface area contributed by atoms with Crippen molar-refractivity contribution in [2.45, 2.75) is 11.3 Å². The van der Waals surface area contributed by atoms with Gasteiger partial charge < -0.3 is 4.90 Å². The number of likely N-dealkylation sites (N-methyl/N-ethyl adjacent to an activating group) is 1. The molecular formula is C20H20ClF2N3O3S2. The largest absolute Gasteiger partial charge is 0.308 e. The molecule has 0 unspecified atom stereocenters. The fourth-order valence-corrected chi connectivity index (χ4v) is 5.21. The second kappa shape index (κ2) is 9.56. The van der Waals surface area contributed by atoms with Crippen molar-refractivity contribution in [2.24, 2.45) is 0 Å². The lowest BCUT2D eigenvalue weighted by Gasteiger charge is -2.22. The Labute approximate surface area is 188 Å². The van der Waals surface area contributed by atoms with Crippen molar-refractivity contribution in [3.63, 3.8) is 0 Å². The lowest BCUT2D eigenvalue weighted by molar-refractivity contribution is -0.118. The van der Waals surface area contributed by atoms with Gasteiger partial charge in [-0.3, -0.25) is 9.69 Å². The van der Waals surface area contributed by atoms with Gasteiger partial charge in [-0.15, -0.1) is 0 Å². The van der Waals surface area contributed by atoms with Crippen LogP contribution in [0.2, 0.25) is 5.02 Å². The summed E-state index contributed by atoms with van der Waals surface area (Å²) in [6.07, 6.45) is -0.287. The van der Waals surface area contributed by atoms with Gasteiger partial charge in [-0.25, -0.2) is 22.2 Å². The molecular weight excluding hydrogens is 468 g/mol. The molecule has 2 aromatic carbocycles. The van der Waals surface area contributed by atoms with Crippen molar-refractivity contribution in [1.29, 1.82) is 0 Å². The molecule has 166 valence electrons. The average Bonchev–Trinajstić information content (AvgIpc) is 3.10. The Bertz CT molecular complexity index is 1200. The highest BCUT2D eigenvalue weighted by molar-refractivity contribution is 7.91. The van der Waals surface area contributed by atoms with E-state index in [4.69, 9.17) is 11.6 Å². The van der Waals surface area contributed by atoms with E-state index in [0.29, 0.717) is 11.6 Å². The zero-order valence-electron chi connectivity index (χ0n) is 16.8. The van der Waals surface area contributed by atoms with Crippen LogP contribution < -0.4 is 4.90 Å². The summed E-state index contributed by atoms with van der Waals surface area (Å²) in [6, 6.07) is 7.59. The van der Waals surface area contributed by atoms with E-state index >= 15 is 0 Å². The van der Waals surface area contributed by atoms with Crippen LogP contribution in [-0.4, -0.2) is 57.1 Å². The number of hydrogen-bond donors (Lipinski definition) is 0. The van der Waals surface area contributed by atoms with Crippen LogP contribution in [-0.2, 0) is 14.6 Å². The van der Waals surface area contributed by atoms with Crippen LogP contribution in [0, 0.1) is 11.6 Å². The highest BCUT2D eigenvalue weighted by atomic mass is 35.5. The van der Waals surface area contributed by atoms with E-state index in [2.05, 4.69) is 4.98 Å². The number of sulfone groups is 1. The monoisotopic (exact) mass is 487 g/mol. The Hall–Kier alpha value is -2.14. The van der Waals surface area contributed by atoms with Crippen LogP contribution in [0.1, 0.15) is 6.42 Å². The normalized spacial score (nSPS) is 11.9. The molecule has 0 fully saturated rings. The van der Waals surface area contributed by atoms with E-state index in [0.717, 1.165) is 23.5 Å². The molecule has 0 spiro atoms. The highest BCUT2D eigenvalue weighted by Gasteiger charge is 2.24. The van der Waals surface area contributed by atoms with Gasteiger partial charge in [-0.05, 0) is 44.4 Å². The van der Waals surface area contributed by atoms with Crippen molar-refractivity contribution < 1.29 is 22.0 Å². The fourth-order valence-electron chi connectivity index (χ4n) is 2.80. The second-order valence-electron chi connectivity index (χ2n) is 7.10. The topological polar surface area (TPSA) is 70.6 Å². The van der Waals surface area contributed by atoms with Crippen molar-refractivity contribution in [3.8, 4) is 0 Å². The maximum absolute atomic E-state index is 14.1. The third-order valence-corrected chi connectivity index (χ3v) is 7.47. The first kappa shape index (κ1) is 23.5. The summed E-state index contributed by atoms with van der Waals surface area (Å²) in [4.78, 5) is 20.3. The predicted octanol–water partition coefficient (Wildman–Crippen LogP) is 3.99. The Balaban J connectivity index is 1.84. The molecule has 6 nitrogen and oxygen atoms in total. The fraction of sp³-hybridized carbons (Fsp3) is 0.300. The number of benzene rings is 2. The van der Waals surface area contributed by atoms with Crippen LogP contribution in [0.25, 0.3) is 10.2 Å². The summed E-state index contributed by atoms with van der Waals surface area (Å²) in [5.74, 6) is -2.43. The number of amides is 1. The maximum Gasteiger partial charge on any atom is 0.229 e. The van der Waals surface area contributed by atoms with Gasteiger partial charge in [0.25, 0.3) is 0 Å². The lowest BCUT2D eigenvalue weighted by atomic mass is 10.3. The minimum atomic E-state index is -3.70. The molecule has 0 saturated heterocycles. The number of halogens is 3. The summed E-state index contributed by atoms with van der Waals surface area (Å²) in [7, 11) is -0.0582. The zero-order valence-corrected chi connectivity index (χ0v) is 19.2.